The predicted octanol–water partition coefficient (Wildman–Crippen LogP) is 1.19. The summed E-state index contributed by atoms with van der Waals surface area (Å²) in [6, 6.07) is 6.16. The summed E-state index contributed by atoms with van der Waals surface area (Å²) in [6.07, 6.45) is 0. The van der Waals surface area contributed by atoms with Crippen molar-refractivity contribution in [3.05, 3.63) is 35.6 Å². The van der Waals surface area contributed by atoms with Gasteiger partial charge in [-0.05, 0) is 12.0 Å². The first-order valence-corrected chi connectivity index (χ1v) is 8.64. The Morgan fingerprint density at radius 2 is 1.90 bits per heavy atom. The lowest BCUT2D eigenvalue weighted by Gasteiger charge is -2.31. The normalized spacial score (nSPS) is 22.4. The first kappa shape index (κ1) is 15.4. The third-order valence-corrected chi connectivity index (χ3v) is 5.47. The summed E-state index contributed by atoms with van der Waals surface area (Å²) in [4.78, 5) is 2.09. The maximum atomic E-state index is 13.7. The molecule has 112 valence electrons. The van der Waals surface area contributed by atoms with E-state index in [2.05, 4.69) is 4.90 Å². The zero-order valence-corrected chi connectivity index (χ0v) is 12.4. The van der Waals surface area contributed by atoms with Gasteiger partial charge in [-0.3, -0.25) is 0 Å². The average molecular weight is 300 g/mol. The molecule has 1 heterocycles. The van der Waals surface area contributed by atoms with E-state index in [0.29, 0.717) is 25.2 Å². The Kier molecular flexibility index (Phi) is 4.78. The topological polar surface area (TPSA) is 63.4 Å². The van der Waals surface area contributed by atoms with Gasteiger partial charge in [0.2, 0.25) is 0 Å². The van der Waals surface area contributed by atoms with Crippen molar-refractivity contribution >= 4 is 9.84 Å². The number of nitrogens with two attached hydrogens (primary N) is 1. The van der Waals surface area contributed by atoms with E-state index >= 15 is 0 Å². The highest BCUT2D eigenvalue weighted by Gasteiger charge is 2.25. The van der Waals surface area contributed by atoms with Crippen LogP contribution in [0.25, 0.3) is 0 Å². The summed E-state index contributed by atoms with van der Waals surface area (Å²) in [5.41, 5.74) is 6.64. The van der Waals surface area contributed by atoms with Crippen LogP contribution >= 0.6 is 0 Å². The molecule has 1 fully saturated rings. The second-order valence-corrected chi connectivity index (χ2v) is 7.78. The van der Waals surface area contributed by atoms with Crippen LogP contribution in [0, 0.1) is 11.7 Å². The van der Waals surface area contributed by atoms with Gasteiger partial charge in [-0.25, -0.2) is 12.8 Å². The minimum atomic E-state index is -2.86. The van der Waals surface area contributed by atoms with E-state index in [4.69, 9.17) is 5.73 Å². The summed E-state index contributed by atoms with van der Waals surface area (Å²) in [5.74, 6) is 0.185. The van der Waals surface area contributed by atoms with Crippen LogP contribution in [-0.4, -0.2) is 44.5 Å². The molecule has 0 bridgehead atoms. The number of rotatable bonds is 4. The van der Waals surface area contributed by atoms with E-state index in [-0.39, 0.29) is 29.3 Å². The molecule has 2 rings (SSSR count). The van der Waals surface area contributed by atoms with Gasteiger partial charge in [0.1, 0.15) is 5.82 Å². The van der Waals surface area contributed by atoms with E-state index < -0.39 is 9.84 Å². The lowest BCUT2D eigenvalue weighted by atomic mass is 9.94. The SMILES string of the molecule is CC(CN1CCS(=O)(=O)CC1)C(N)c1ccccc1F. The van der Waals surface area contributed by atoms with Crippen molar-refractivity contribution in [2.75, 3.05) is 31.1 Å². The zero-order chi connectivity index (χ0) is 14.8. The number of benzene rings is 1. The Balaban J connectivity index is 1.95. The molecule has 0 aromatic heterocycles. The highest BCUT2D eigenvalue weighted by atomic mass is 32.2. The molecule has 2 atom stereocenters. The van der Waals surface area contributed by atoms with Gasteiger partial charge in [0, 0.05) is 31.2 Å². The molecule has 6 heteroatoms. The van der Waals surface area contributed by atoms with Crippen molar-refractivity contribution in [1.82, 2.24) is 4.90 Å². The standard InChI is InChI=1S/C14H21FN2O2S/c1-11(10-17-6-8-20(18,19)9-7-17)14(16)12-4-2-3-5-13(12)15/h2-5,11,14H,6-10,16H2,1H3. The summed E-state index contributed by atoms with van der Waals surface area (Å²) in [5, 5.41) is 0. The molecule has 0 saturated carbocycles. The van der Waals surface area contributed by atoms with E-state index in [1.807, 2.05) is 6.92 Å². The highest BCUT2D eigenvalue weighted by Crippen LogP contribution is 2.23. The van der Waals surface area contributed by atoms with Crippen molar-refractivity contribution in [2.45, 2.75) is 13.0 Å². The minimum absolute atomic E-state index is 0.0627. The second-order valence-electron chi connectivity index (χ2n) is 5.48. The smallest absolute Gasteiger partial charge is 0.152 e. The Morgan fingerprint density at radius 3 is 2.50 bits per heavy atom. The molecule has 1 aliphatic rings. The fraction of sp³-hybridized carbons (Fsp3) is 0.571. The first-order valence-electron chi connectivity index (χ1n) is 6.82. The number of hydrogen-bond donors (Lipinski definition) is 1. The monoisotopic (exact) mass is 300 g/mol. The van der Waals surface area contributed by atoms with Crippen LogP contribution in [0.1, 0.15) is 18.5 Å². The number of sulfone groups is 1. The van der Waals surface area contributed by atoms with Crippen molar-refractivity contribution in [2.24, 2.45) is 11.7 Å². The van der Waals surface area contributed by atoms with Gasteiger partial charge in [-0.2, -0.15) is 0 Å². The van der Waals surface area contributed by atoms with E-state index in [1.54, 1.807) is 18.2 Å². The molecule has 1 saturated heterocycles. The number of nitrogens with zero attached hydrogens (tertiary/aromatic N) is 1. The third kappa shape index (κ3) is 3.77. The van der Waals surface area contributed by atoms with E-state index in [1.165, 1.54) is 6.07 Å². The molecule has 0 spiro atoms. The van der Waals surface area contributed by atoms with Crippen LogP contribution in [0.3, 0.4) is 0 Å². The van der Waals surface area contributed by atoms with E-state index in [9.17, 15) is 12.8 Å². The van der Waals surface area contributed by atoms with Gasteiger partial charge < -0.3 is 10.6 Å². The van der Waals surface area contributed by atoms with Crippen LogP contribution in [0.5, 0.6) is 0 Å². The van der Waals surface area contributed by atoms with Gasteiger partial charge in [0.25, 0.3) is 0 Å². The molecule has 0 radical (unpaired) electrons. The highest BCUT2D eigenvalue weighted by molar-refractivity contribution is 7.91. The predicted molar refractivity (Wildman–Crippen MR) is 77.6 cm³/mol. The average Bonchev–Trinajstić information content (AvgIpc) is 2.41. The Labute approximate surface area is 119 Å². The molecule has 1 aromatic rings. The summed E-state index contributed by atoms with van der Waals surface area (Å²) in [7, 11) is -2.86. The molecular formula is C14H21FN2O2S. The van der Waals surface area contributed by atoms with Crippen LogP contribution in [0.15, 0.2) is 24.3 Å². The Morgan fingerprint density at radius 1 is 1.30 bits per heavy atom. The lowest BCUT2D eigenvalue weighted by molar-refractivity contribution is 0.236. The second kappa shape index (κ2) is 6.20. The van der Waals surface area contributed by atoms with Crippen LogP contribution in [-0.2, 0) is 9.84 Å². The van der Waals surface area contributed by atoms with Crippen molar-refractivity contribution in [3.63, 3.8) is 0 Å². The van der Waals surface area contributed by atoms with Crippen molar-refractivity contribution in [1.29, 1.82) is 0 Å². The maximum Gasteiger partial charge on any atom is 0.152 e. The van der Waals surface area contributed by atoms with Crippen LogP contribution in [0.2, 0.25) is 0 Å². The summed E-state index contributed by atoms with van der Waals surface area (Å²) in [6.45, 7) is 3.73. The first-order chi connectivity index (χ1) is 9.39. The molecule has 2 N–H and O–H groups in total. The minimum Gasteiger partial charge on any atom is -0.324 e. The molecule has 4 nitrogen and oxygen atoms in total. The number of hydrogen-bond acceptors (Lipinski definition) is 4. The van der Waals surface area contributed by atoms with Gasteiger partial charge in [0.15, 0.2) is 9.84 Å². The maximum absolute atomic E-state index is 13.7. The molecule has 1 aliphatic heterocycles. The molecule has 20 heavy (non-hydrogen) atoms. The zero-order valence-electron chi connectivity index (χ0n) is 11.6. The number of halogens is 1. The quantitative estimate of drug-likeness (QED) is 0.907. The van der Waals surface area contributed by atoms with Gasteiger partial charge in [0.05, 0.1) is 11.5 Å². The van der Waals surface area contributed by atoms with Crippen molar-refractivity contribution in [3.8, 4) is 0 Å². The van der Waals surface area contributed by atoms with Crippen molar-refractivity contribution < 1.29 is 12.8 Å². The van der Waals surface area contributed by atoms with Gasteiger partial charge in [-0.15, -0.1) is 0 Å². The molecule has 2 unspecified atom stereocenters. The Hall–Kier alpha value is -0.980. The van der Waals surface area contributed by atoms with E-state index in [0.717, 1.165) is 0 Å². The summed E-state index contributed by atoms with van der Waals surface area (Å²) >= 11 is 0. The third-order valence-electron chi connectivity index (χ3n) is 3.86. The van der Waals surface area contributed by atoms with Gasteiger partial charge >= 0.3 is 0 Å². The fourth-order valence-corrected chi connectivity index (χ4v) is 3.78. The lowest BCUT2D eigenvalue weighted by Crippen LogP contribution is -2.43. The Bertz CT molecular complexity index is 548. The molecule has 1 aromatic carbocycles. The molecular weight excluding hydrogens is 279 g/mol. The summed E-state index contributed by atoms with van der Waals surface area (Å²) < 4.78 is 36.5. The molecule has 0 amide bonds. The van der Waals surface area contributed by atoms with Gasteiger partial charge in [-0.1, -0.05) is 25.1 Å². The van der Waals surface area contributed by atoms with Crippen LogP contribution in [0.4, 0.5) is 4.39 Å². The molecule has 0 aliphatic carbocycles. The fourth-order valence-electron chi connectivity index (χ4n) is 2.51. The van der Waals surface area contributed by atoms with Crippen LogP contribution < -0.4 is 5.73 Å². The largest absolute Gasteiger partial charge is 0.324 e.